The summed E-state index contributed by atoms with van der Waals surface area (Å²) < 4.78 is 5.24. The molecule has 0 bridgehead atoms. The fourth-order valence-corrected chi connectivity index (χ4v) is 2.00. The van der Waals surface area contributed by atoms with Gasteiger partial charge in [-0.05, 0) is 36.8 Å². The van der Waals surface area contributed by atoms with E-state index < -0.39 is 0 Å². The van der Waals surface area contributed by atoms with Gasteiger partial charge in [-0.15, -0.1) is 0 Å². The Labute approximate surface area is 123 Å². The predicted molar refractivity (Wildman–Crippen MR) is 79.7 cm³/mol. The lowest BCUT2D eigenvalue weighted by atomic mass is 10.1. The highest BCUT2D eigenvalue weighted by Crippen LogP contribution is 2.13. The monoisotopic (exact) mass is 286 g/mol. The van der Waals surface area contributed by atoms with Crippen LogP contribution in [0.4, 0.5) is 5.69 Å². The smallest absolute Gasteiger partial charge is 0.224 e. The van der Waals surface area contributed by atoms with Crippen LogP contribution < -0.4 is 10.6 Å². The fraction of sp³-hybridized carbons (Fsp3) is 0.250. The van der Waals surface area contributed by atoms with Crippen LogP contribution in [0, 0.1) is 0 Å². The Kier molecular flexibility index (Phi) is 4.77. The molecule has 1 aromatic carbocycles. The van der Waals surface area contributed by atoms with Gasteiger partial charge in [-0.25, -0.2) is 0 Å². The topological polar surface area (TPSA) is 71.3 Å². The Bertz CT molecular complexity index is 603. The molecule has 1 atom stereocenters. The Hall–Kier alpha value is -2.56. The van der Waals surface area contributed by atoms with Gasteiger partial charge < -0.3 is 15.1 Å². The standard InChI is InChI=1S/C16H18N2O3/c1-11(15-4-3-9-21-15)17-16(20)10-13-5-7-14(8-6-13)18-12(2)19/h3-9,11H,10H2,1-2H3,(H,17,20)(H,18,19)/t11-/m0/s1. The van der Waals surface area contributed by atoms with Crippen LogP contribution in [-0.4, -0.2) is 11.8 Å². The Morgan fingerprint density at radius 3 is 2.48 bits per heavy atom. The molecule has 2 rings (SSSR count). The van der Waals surface area contributed by atoms with E-state index in [-0.39, 0.29) is 24.3 Å². The van der Waals surface area contributed by atoms with Crippen LogP contribution in [0.2, 0.25) is 0 Å². The van der Waals surface area contributed by atoms with Crippen molar-refractivity contribution in [2.75, 3.05) is 5.32 Å². The summed E-state index contributed by atoms with van der Waals surface area (Å²) in [6, 6.07) is 10.7. The van der Waals surface area contributed by atoms with Crippen molar-refractivity contribution in [3.63, 3.8) is 0 Å². The molecule has 2 aromatic rings. The van der Waals surface area contributed by atoms with Gasteiger partial charge >= 0.3 is 0 Å². The maximum Gasteiger partial charge on any atom is 0.224 e. The number of nitrogens with one attached hydrogen (secondary N) is 2. The van der Waals surface area contributed by atoms with Crippen molar-refractivity contribution in [2.24, 2.45) is 0 Å². The lowest BCUT2D eigenvalue weighted by Crippen LogP contribution is -2.27. The van der Waals surface area contributed by atoms with Crippen LogP contribution in [0.25, 0.3) is 0 Å². The Balaban J connectivity index is 1.89. The average molecular weight is 286 g/mol. The van der Waals surface area contributed by atoms with Crippen molar-refractivity contribution >= 4 is 17.5 Å². The molecule has 5 nitrogen and oxygen atoms in total. The first-order valence-electron chi connectivity index (χ1n) is 6.74. The fourth-order valence-electron chi connectivity index (χ4n) is 2.00. The minimum atomic E-state index is -0.161. The molecule has 21 heavy (non-hydrogen) atoms. The van der Waals surface area contributed by atoms with Crippen LogP contribution in [0.3, 0.4) is 0 Å². The zero-order valence-electron chi connectivity index (χ0n) is 12.1. The van der Waals surface area contributed by atoms with Gasteiger partial charge in [0.25, 0.3) is 0 Å². The summed E-state index contributed by atoms with van der Waals surface area (Å²) in [4.78, 5) is 22.9. The van der Waals surface area contributed by atoms with E-state index >= 15 is 0 Å². The molecule has 1 heterocycles. The Morgan fingerprint density at radius 1 is 1.19 bits per heavy atom. The lowest BCUT2D eigenvalue weighted by Gasteiger charge is -2.11. The van der Waals surface area contributed by atoms with Crippen molar-refractivity contribution in [2.45, 2.75) is 26.3 Å². The molecule has 0 saturated heterocycles. The van der Waals surface area contributed by atoms with E-state index in [9.17, 15) is 9.59 Å². The van der Waals surface area contributed by atoms with E-state index in [2.05, 4.69) is 10.6 Å². The van der Waals surface area contributed by atoms with Gasteiger partial charge in [0.15, 0.2) is 0 Å². The molecule has 0 spiro atoms. The molecular weight excluding hydrogens is 268 g/mol. The molecule has 2 N–H and O–H groups in total. The van der Waals surface area contributed by atoms with Gasteiger partial charge in [0, 0.05) is 12.6 Å². The van der Waals surface area contributed by atoms with E-state index in [0.29, 0.717) is 0 Å². The second-order valence-electron chi connectivity index (χ2n) is 4.86. The summed E-state index contributed by atoms with van der Waals surface area (Å²) in [5.74, 6) is 0.531. The van der Waals surface area contributed by atoms with E-state index in [4.69, 9.17) is 4.42 Å². The average Bonchev–Trinajstić information content (AvgIpc) is 2.94. The SMILES string of the molecule is CC(=O)Nc1ccc(CC(=O)N[C@@H](C)c2ccco2)cc1. The van der Waals surface area contributed by atoms with E-state index in [0.717, 1.165) is 17.0 Å². The number of furan rings is 1. The molecule has 0 radical (unpaired) electrons. The summed E-state index contributed by atoms with van der Waals surface area (Å²) in [6.45, 7) is 3.33. The summed E-state index contributed by atoms with van der Waals surface area (Å²) in [5.41, 5.74) is 1.60. The Morgan fingerprint density at radius 2 is 1.90 bits per heavy atom. The second kappa shape index (κ2) is 6.74. The van der Waals surface area contributed by atoms with Crippen LogP contribution in [0.1, 0.15) is 31.2 Å². The lowest BCUT2D eigenvalue weighted by molar-refractivity contribution is -0.121. The van der Waals surface area contributed by atoms with Crippen molar-refractivity contribution < 1.29 is 14.0 Å². The van der Waals surface area contributed by atoms with E-state index in [1.165, 1.54) is 6.92 Å². The highest BCUT2D eigenvalue weighted by Gasteiger charge is 2.12. The van der Waals surface area contributed by atoms with Gasteiger partial charge in [-0.1, -0.05) is 12.1 Å². The summed E-state index contributed by atoms with van der Waals surface area (Å²) in [7, 11) is 0. The molecule has 0 aliphatic carbocycles. The molecule has 0 unspecified atom stereocenters. The predicted octanol–water partition coefficient (Wildman–Crippen LogP) is 2.66. The maximum atomic E-state index is 12.0. The normalized spacial score (nSPS) is 11.7. The van der Waals surface area contributed by atoms with Crippen molar-refractivity contribution in [3.8, 4) is 0 Å². The second-order valence-corrected chi connectivity index (χ2v) is 4.86. The van der Waals surface area contributed by atoms with Crippen molar-refractivity contribution in [3.05, 3.63) is 54.0 Å². The van der Waals surface area contributed by atoms with E-state index in [1.54, 1.807) is 24.5 Å². The van der Waals surface area contributed by atoms with Crippen LogP contribution in [-0.2, 0) is 16.0 Å². The molecule has 110 valence electrons. The molecule has 0 fully saturated rings. The quantitative estimate of drug-likeness (QED) is 0.887. The largest absolute Gasteiger partial charge is 0.467 e. The summed E-state index contributed by atoms with van der Waals surface area (Å²) in [6.07, 6.45) is 1.87. The van der Waals surface area contributed by atoms with Gasteiger partial charge in [-0.3, -0.25) is 9.59 Å². The minimum absolute atomic E-state index is 0.0776. The van der Waals surface area contributed by atoms with E-state index in [1.807, 2.05) is 25.1 Å². The van der Waals surface area contributed by atoms with Gasteiger partial charge in [0.2, 0.25) is 11.8 Å². The number of carbonyl (C=O) groups is 2. The number of hydrogen-bond acceptors (Lipinski definition) is 3. The molecule has 0 aliphatic heterocycles. The number of carbonyl (C=O) groups excluding carboxylic acids is 2. The highest BCUT2D eigenvalue weighted by atomic mass is 16.3. The van der Waals surface area contributed by atoms with Crippen LogP contribution >= 0.6 is 0 Å². The van der Waals surface area contributed by atoms with Gasteiger partial charge in [0.05, 0.1) is 18.7 Å². The molecule has 2 amide bonds. The molecule has 5 heteroatoms. The molecular formula is C16H18N2O3. The molecule has 0 saturated carbocycles. The van der Waals surface area contributed by atoms with Crippen LogP contribution in [0.15, 0.2) is 47.1 Å². The number of anilines is 1. The first kappa shape index (κ1) is 14.8. The third kappa shape index (κ3) is 4.49. The first-order chi connectivity index (χ1) is 10.0. The number of benzene rings is 1. The number of rotatable bonds is 5. The van der Waals surface area contributed by atoms with Crippen molar-refractivity contribution in [1.82, 2.24) is 5.32 Å². The third-order valence-corrected chi connectivity index (χ3v) is 2.99. The molecule has 1 aromatic heterocycles. The summed E-state index contributed by atoms with van der Waals surface area (Å²) in [5, 5.41) is 5.56. The third-order valence-electron chi connectivity index (χ3n) is 2.99. The van der Waals surface area contributed by atoms with Gasteiger partial charge in [-0.2, -0.15) is 0 Å². The maximum absolute atomic E-state index is 12.0. The number of amides is 2. The van der Waals surface area contributed by atoms with Crippen molar-refractivity contribution in [1.29, 1.82) is 0 Å². The minimum Gasteiger partial charge on any atom is -0.467 e. The highest BCUT2D eigenvalue weighted by molar-refractivity contribution is 5.88. The first-order valence-corrected chi connectivity index (χ1v) is 6.74. The van der Waals surface area contributed by atoms with Gasteiger partial charge in [0.1, 0.15) is 5.76 Å². The van der Waals surface area contributed by atoms with Crippen LogP contribution in [0.5, 0.6) is 0 Å². The zero-order valence-corrected chi connectivity index (χ0v) is 12.1. The molecule has 0 aliphatic rings. The zero-order chi connectivity index (χ0) is 15.2. The summed E-state index contributed by atoms with van der Waals surface area (Å²) >= 11 is 0. The number of hydrogen-bond donors (Lipinski definition) is 2.